The molecule has 0 aromatic rings. The molecule has 0 heterocycles. The van der Waals surface area contributed by atoms with Crippen molar-refractivity contribution in [2.45, 2.75) is 0 Å². The zero-order valence-corrected chi connectivity index (χ0v) is 35.1. The quantitative estimate of drug-likeness (QED) is 0.203. The normalized spacial score (nSPS) is 16.5. The molecule has 2 radical (unpaired) electrons. The Balaban J connectivity index is -0.0000000319. The van der Waals surface area contributed by atoms with Crippen LogP contribution in [0, 0.1) is 80.8 Å². The van der Waals surface area contributed by atoms with Gasteiger partial charge in [-0.25, -0.2) is 0 Å². The van der Waals surface area contributed by atoms with E-state index >= 15 is 0 Å². The van der Waals surface area contributed by atoms with Crippen molar-refractivity contribution in [1.29, 1.82) is 0 Å². The maximum atomic E-state index is 8.64. The van der Waals surface area contributed by atoms with Crippen LogP contribution in [0.15, 0.2) is 0 Å². The van der Waals surface area contributed by atoms with E-state index in [4.69, 9.17) is 92.9 Å². The summed E-state index contributed by atoms with van der Waals surface area (Å²) in [4.78, 5) is 0. The van der Waals surface area contributed by atoms with E-state index in [1.165, 1.54) is 0 Å². The van der Waals surface area contributed by atoms with E-state index < -0.39 is 70.9 Å². The number of hydrogen-bond acceptors (Lipinski definition) is 25. The van der Waals surface area contributed by atoms with Crippen LogP contribution < -0.4 is 39.3 Å². The van der Waals surface area contributed by atoms with E-state index in [2.05, 4.69) is 0 Å². The molecule has 0 N–H and O–H groups in total. The molecule has 0 aromatic heterocycles. The zero-order chi connectivity index (χ0) is 27.2. The minimum atomic E-state index is -7.72. The molecule has 34 heavy (non-hydrogen) atoms. The fourth-order valence-corrected chi connectivity index (χ4v) is 0. The van der Waals surface area contributed by atoms with Gasteiger partial charge in [0.05, 0.1) is 0 Å². The van der Waals surface area contributed by atoms with Gasteiger partial charge in [0.25, 0.3) is 0 Å². The van der Waals surface area contributed by atoms with Crippen LogP contribution in [0.25, 0.3) is 0 Å². The molecule has 0 saturated carbocycles. The molecule has 0 spiro atoms. The minimum absolute atomic E-state index is 0. The first-order valence-corrected chi connectivity index (χ1v) is 21.3. The molecule has 0 saturated heterocycles. The molecular formula is O25Ru5Sm2Sr2. The zero-order valence-electron chi connectivity index (χ0n) is 14.2. The van der Waals surface area contributed by atoms with Gasteiger partial charge in [0.2, 0.25) is 0 Å². The summed E-state index contributed by atoms with van der Waals surface area (Å²) in [6.45, 7) is 0. The van der Waals surface area contributed by atoms with Crippen molar-refractivity contribution in [2.24, 2.45) is 0 Å². The molecule has 0 aliphatic heterocycles. The van der Waals surface area contributed by atoms with Crippen molar-refractivity contribution in [3.05, 3.63) is 0 Å². The molecule has 0 bridgehead atoms. The largest absolute Gasteiger partial charge is 3.00 e. The van der Waals surface area contributed by atoms with Gasteiger partial charge in [-0.05, 0) is 0 Å². The van der Waals surface area contributed by atoms with E-state index in [9.17, 15) is 0 Å². The molecule has 34 heteroatoms. The van der Waals surface area contributed by atoms with Gasteiger partial charge < -0.3 is 0 Å². The Morgan fingerprint density at radius 3 is 0.235 bits per heavy atom. The minimum Gasteiger partial charge on any atom is 2.00 e. The number of rotatable bonds is 0. The first-order chi connectivity index (χ1) is 11.2. The van der Waals surface area contributed by atoms with Crippen molar-refractivity contribution in [3.8, 4) is 0 Å². The van der Waals surface area contributed by atoms with Crippen molar-refractivity contribution in [2.75, 3.05) is 0 Å². The molecule has 0 aromatic carbocycles. The molecule has 0 fully saturated rings. The van der Waals surface area contributed by atoms with Crippen molar-refractivity contribution in [3.63, 3.8) is 0 Å². The monoisotopic (exact) mass is 1390 g/mol. The smallest absolute Gasteiger partial charge is 2.00 e. The van der Waals surface area contributed by atoms with Crippen LogP contribution >= 0.6 is 0 Å². The van der Waals surface area contributed by atoms with Gasteiger partial charge in [-0.3, -0.25) is 0 Å². The first kappa shape index (κ1) is 62.8. The molecule has 206 valence electrons. The van der Waals surface area contributed by atoms with Crippen LogP contribution in [0.4, 0.5) is 0 Å². The molecule has 0 atom stereocenters. The van der Waals surface area contributed by atoms with E-state index in [0.717, 1.165) is 0 Å². The Labute approximate surface area is 326 Å². The van der Waals surface area contributed by atoms with Crippen LogP contribution in [0.1, 0.15) is 0 Å². The first-order valence-electron chi connectivity index (χ1n) is 3.61. The van der Waals surface area contributed by atoms with Gasteiger partial charge in [-0.1, -0.05) is 0 Å². The summed E-state index contributed by atoms with van der Waals surface area (Å²) in [6.07, 6.45) is 0. The molecule has 0 aliphatic carbocycles. The van der Waals surface area contributed by atoms with Crippen molar-refractivity contribution >= 4 is 91.0 Å². The average molecular weight is 1380 g/mol. The molecule has 25 nitrogen and oxygen atoms in total. The van der Waals surface area contributed by atoms with Crippen LogP contribution in [0.2, 0.25) is 0 Å². The number of hydrogen-bond donors (Lipinski definition) is 0. The summed E-state index contributed by atoms with van der Waals surface area (Å²) >= 11 is -38.6. The third-order valence-corrected chi connectivity index (χ3v) is 0. The maximum Gasteiger partial charge on any atom is 3.00 e. The third kappa shape index (κ3) is 1720. The van der Waals surface area contributed by atoms with E-state index in [-0.39, 0.29) is 172 Å². The van der Waals surface area contributed by atoms with Gasteiger partial charge in [0.1, 0.15) is 0 Å². The Bertz CT molecular complexity index is 1260. The van der Waals surface area contributed by atoms with E-state index in [1.54, 1.807) is 0 Å². The van der Waals surface area contributed by atoms with Crippen LogP contribution in [0.5, 0.6) is 0 Å². The topological polar surface area (TPSA) is 487 Å². The second kappa shape index (κ2) is 17.5. The SMILES string of the molecule is [O]=[Ru](=[O])(=[O])([O-])[O-].[O]=[Ru](=[O])(=[O])([O-])[O-].[O]=[Ru](=[O])(=[O])([O-])[O-].[O]=[Ru](=[O])(=[O])([O-])[O-].[O]=[Ru](=[O])(=[O])([O-])[O-].[Sm+3].[Sm+3].[Sr+2].[Sr+2]. The third-order valence-electron chi connectivity index (χ3n) is 0. The summed E-state index contributed by atoms with van der Waals surface area (Å²) in [5.74, 6) is 0. The molecule has 0 aliphatic rings. The molecule has 0 unspecified atom stereocenters. The summed E-state index contributed by atoms with van der Waals surface area (Å²) < 4.78 is 216. The van der Waals surface area contributed by atoms with Crippen molar-refractivity contribution in [1.82, 2.24) is 0 Å². The van der Waals surface area contributed by atoms with Crippen molar-refractivity contribution < 1.29 is 245 Å². The second-order valence-corrected chi connectivity index (χ2v) is 17.4. The fourth-order valence-electron chi connectivity index (χ4n) is 0. The van der Waals surface area contributed by atoms with Crippen LogP contribution in [0.3, 0.4) is 0 Å². The summed E-state index contributed by atoms with van der Waals surface area (Å²) in [5, 5.41) is 0. The van der Waals surface area contributed by atoms with Gasteiger partial charge in [0.15, 0.2) is 0 Å². The Hall–Kier alpha value is 5.35. The summed E-state index contributed by atoms with van der Waals surface area (Å²) in [7, 11) is 0. The van der Waals surface area contributed by atoms with Gasteiger partial charge in [-0.15, -0.1) is 0 Å². The Kier molecular flexibility index (Phi) is 32.3. The summed E-state index contributed by atoms with van der Waals surface area (Å²) in [5.41, 5.74) is 0. The molecule has 0 rings (SSSR count). The van der Waals surface area contributed by atoms with E-state index in [0.29, 0.717) is 0 Å². The predicted octanol–water partition coefficient (Wildman–Crippen LogP) is -14.4. The Morgan fingerprint density at radius 1 is 0.235 bits per heavy atom. The van der Waals surface area contributed by atoms with Gasteiger partial charge in [0, 0.05) is 0 Å². The Morgan fingerprint density at radius 2 is 0.235 bits per heavy atom. The maximum absolute atomic E-state index is 8.64. The predicted molar refractivity (Wildman–Crippen MR) is 21.8 cm³/mol. The fraction of sp³-hybridized carbons (Fsp3) is 0. The van der Waals surface area contributed by atoms with Gasteiger partial charge >= 0.3 is 336 Å². The van der Waals surface area contributed by atoms with Crippen LogP contribution in [-0.2, 0) is 124 Å². The van der Waals surface area contributed by atoms with Crippen LogP contribution in [-0.4, -0.2) is 91.0 Å². The average Bonchev–Trinajstić information content (AvgIpc) is 1.67. The second-order valence-electron chi connectivity index (χ2n) is 2.95. The van der Waals surface area contributed by atoms with Gasteiger partial charge in [-0.2, -0.15) is 0 Å². The van der Waals surface area contributed by atoms with E-state index in [1.807, 2.05) is 0 Å². The molecule has 0 amide bonds. The standard InChI is InChI=1S/25O.5Ru.2Sm.2Sr/q;;;;;;;;;;;;;;;10*-1;;;;;;2*+3;2*+2. The molecular weight excluding hydrogens is 1380 g/mol. The summed E-state index contributed by atoms with van der Waals surface area (Å²) in [6, 6.07) is 0.